The van der Waals surface area contributed by atoms with Crippen LogP contribution >= 0.6 is 0 Å². The molecule has 0 atom stereocenters. The number of ether oxygens (including phenoxy) is 1. The summed E-state index contributed by atoms with van der Waals surface area (Å²) in [6, 6.07) is 0. The maximum absolute atomic E-state index is 10.9. The van der Waals surface area contributed by atoms with Crippen LogP contribution < -0.4 is 5.73 Å². The molecule has 118 valence electrons. The second-order valence-corrected chi connectivity index (χ2v) is 5.35. The summed E-state index contributed by atoms with van der Waals surface area (Å²) in [6.45, 7) is 0.813. The van der Waals surface area contributed by atoms with Crippen LogP contribution in [0.3, 0.4) is 0 Å². The molecule has 0 aliphatic heterocycles. The SMILES string of the molecule is COC(=O)CCCCCCCCC/C=C\CCCCN. The zero-order valence-corrected chi connectivity index (χ0v) is 13.2. The van der Waals surface area contributed by atoms with Gasteiger partial charge in [0.15, 0.2) is 0 Å². The average Bonchev–Trinajstić information content (AvgIpc) is 2.47. The van der Waals surface area contributed by atoms with Crippen molar-refractivity contribution in [2.75, 3.05) is 13.7 Å². The van der Waals surface area contributed by atoms with Crippen LogP contribution in [0.15, 0.2) is 12.2 Å². The first-order chi connectivity index (χ1) is 9.81. The van der Waals surface area contributed by atoms with Crippen molar-refractivity contribution in [2.24, 2.45) is 5.73 Å². The fraction of sp³-hybridized carbons (Fsp3) is 0.824. The topological polar surface area (TPSA) is 52.3 Å². The summed E-state index contributed by atoms with van der Waals surface area (Å²) >= 11 is 0. The molecule has 0 aromatic carbocycles. The van der Waals surface area contributed by atoms with Crippen molar-refractivity contribution in [3.8, 4) is 0 Å². The fourth-order valence-corrected chi connectivity index (χ4v) is 2.16. The molecule has 0 rings (SSSR count). The number of nitrogens with two attached hydrogens (primary N) is 1. The van der Waals surface area contributed by atoms with E-state index in [-0.39, 0.29) is 5.97 Å². The van der Waals surface area contributed by atoms with E-state index < -0.39 is 0 Å². The first-order valence-electron chi connectivity index (χ1n) is 8.23. The van der Waals surface area contributed by atoms with E-state index in [2.05, 4.69) is 16.9 Å². The van der Waals surface area contributed by atoms with Gasteiger partial charge >= 0.3 is 5.97 Å². The molecule has 0 radical (unpaired) electrons. The van der Waals surface area contributed by atoms with Crippen molar-refractivity contribution in [2.45, 2.75) is 77.0 Å². The smallest absolute Gasteiger partial charge is 0.305 e. The van der Waals surface area contributed by atoms with E-state index in [0.717, 1.165) is 25.8 Å². The van der Waals surface area contributed by atoms with Gasteiger partial charge in [-0.25, -0.2) is 0 Å². The Kier molecular flexibility index (Phi) is 15.6. The Morgan fingerprint density at radius 3 is 1.90 bits per heavy atom. The third kappa shape index (κ3) is 15.2. The lowest BCUT2D eigenvalue weighted by atomic mass is 10.1. The molecule has 0 aliphatic rings. The molecule has 0 aliphatic carbocycles. The van der Waals surface area contributed by atoms with E-state index in [4.69, 9.17) is 5.73 Å². The van der Waals surface area contributed by atoms with Crippen LogP contribution in [0.4, 0.5) is 0 Å². The minimum absolute atomic E-state index is 0.0803. The third-order valence-electron chi connectivity index (χ3n) is 3.47. The van der Waals surface area contributed by atoms with E-state index in [9.17, 15) is 4.79 Å². The van der Waals surface area contributed by atoms with E-state index in [0.29, 0.717) is 6.42 Å². The van der Waals surface area contributed by atoms with Gasteiger partial charge in [0.1, 0.15) is 0 Å². The van der Waals surface area contributed by atoms with Gasteiger partial charge in [-0.3, -0.25) is 4.79 Å². The quantitative estimate of drug-likeness (QED) is 0.293. The summed E-state index contributed by atoms with van der Waals surface area (Å²) < 4.78 is 4.61. The van der Waals surface area contributed by atoms with Gasteiger partial charge in [-0.2, -0.15) is 0 Å². The van der Waals surface area contributed by atoms with Crippen molar-refractivity contribution in [1.82, 2.24) is 0 Å². The highest BCUT2D eigenvalue weighted by atomic mass is 16.5. The summed E-state index contributed by atoms with van der Waals surface area (Å²) in [4.78, 5) is 10.9. The summed E-state index contributed by atoms with van der Waals surface area (Å²) in [6.07, 6.45) is 18.5. The van der Waals surface area contributed by atoms with Gasteiger partial charge in [-0.05, 0) is 45.1 Å². The van der Waals surface area contributed by atoms with Crippen molar-refractivity contribution in [3.63, 3.8) is 0 Å². The molecule has 0 aromatic heterocycles. The molecule has 0 amide bonds. The number of hydrogen-bond donors (Lipinski definition) is 1. The molecule has 0 unspecified atom stereocenters. The summed E-state index contributed by atoms with van der Waals surface area (Å²) in [7, 11) is 1.45. The van der Waals surface area contributed by atoms with Crippen molar-refractivity contribution in [3.05, 3.63) is 12.2 Å². The van der Waals surface area contributed by atoms with E-state index >= 15 is 0 Å². The second kappa shape index (κ2) is 16.2. The largest absolute Gasteiger partial charge is 0.469 e. The number of unbranched alkanes of at least 4 members (excludes halogenated alkanes) is 9. The molecule has 0 heterocycles. The molecular weight excluding hydrogens is 250 g/mol. The average molecular weight is 283 g/mol. The molecule has 2 N–H and O–H groups in total. The highest BCUT2D eigenvalue weighted by Crippen LogP contribution is 2.10. The summed E-state index contributed by atoms with van der Waals surface area (Å²) in [5, 5.41) is 0. The maximum Gasteiger partial charge on any atom is 0.305 e. The Bertz CT molecular complexity index is 239. The van der Waals surface area contributed by atoms with Crippen LogP contribution in [-0.2, 0) is 9.53 Å². The molecule has 0 saturated carbocycles. The lowest BCUT2D eigenvalue weighted by Crippen LogP contribution is -1.99. The van der Waals surface area contributed by atoms with Gasteiger partial charge in [0.25, 0.3) is 0 Å². The van der Waals surface area contributed by atoms with Crippen LogP contribution in [0.5, 0.6) is 0 Å². The fourth-order valence-electron chi connectivity index (χ4n) is 2.16. The predicted octanol–water partition coefficient (Wildman–Crippen LogP) is 4.36. The Hall–Kier alpha value is -0.830. The zero-order chi connectivity index (χ0) is 14.9. The van der Waals surface area contributed by atoms with Gasteiger partial charge in [-0.1, -0.05) is 44.3 Å². The number of methoxy groups -OCH3 is 1. The van der Waals surface area contributed by atoms with E-state index in [1.807, 2.05) is 0 Å². The summed E-state index contributed by atoms with van der Waals surface area (Å²) in [5.74, 6) is -0.0803. The van der Waals surface area contributed by atoms with Crippen LogP contribution in [0, 0.1) is 0 Å². The molecular formula is C17H33NO2. The number of carbonyl (C=O) groups excluding carboxylic acids is 1. The Labute approximate surface area is 125 Å². The van der Waals surface area contributed by atoms with Gasteiger partial charge in [-0.15, -0.1) is 0 Å². The number of carbonyl (C=O) groups is 1. The predicted molar refractivity (Wildman–Crippen MR) is 85.6 cm³/mol. The number of rotatable bonds is 14. The highest BCUT2D eigenvalue weighted by Gasteiger charge is 1.98. The Morgan fingerprint density at radius 1 is 0.850 bits per heavy atom. The molecule has 0 saturated heterocycles. The van der Waals surface area contributed by atoms with Crippen molar-refractivity contribution >= 4 is 5.97 Å². The van der Waals surface area contributed by atoms with Crippen molar-refractivity contribution < 1.29 is 9.53 Å². The third-order valence-corrected chi connectivity index (χ3v) is 3.47. The first kappa shape index (κ1) is 19.2. The molecule has 0 bridgehead atoms. The van der Waals surface area contributed by atoms with Gasteiger partial charge in [0, 0.05) is 6.42 Å². The molecule has 20 heavy (non-hydrogen) atoms. The van der Waals surface area contributed by atoms with E-state index in [1.54, 1.807) is 0 Å². The van der Waals surface area contributed by atoms with Gasteiger partial charge in [0.05, 0.1) is 7.11 Å². The monoisotopic (exact) mass is 283 g/mol. The zero-order valence-electron chi connectivity index (χ0n) is 13.2. The number of esters is 1. The maximum atomic E-state index is 10.9. The van der Waals surface area contributed by atoms with Crippen LogP contribution in [0.25, 0.3) is 0 Å². The second-order valence-electron chi connectivity index (χ2n) is 5.35. The number of allylic oxidation sites excluding steroid dienone is 2. The summed E-state index contributed by atoms with van der Waals surface area (Å²) in [5.41, 5.74) is 5.44. The minimum Gasteiger partial charge on any atom is -0.469 e. The van der Waals surface area contributed by atoms with Gasteiger partial charge < -0.3 is 10.5 Å². The normalized spacial score (nSPS) is 11.1. The number of hydrogen-bond acceptors (Lipinski definition) is 3. The molecule has 0 spiro atoms. The lowest BCUT2D eigenvalue weighted by molar-refractivity contribution is -0.140. The van der Waals surface area contributed by atoms with Crippen LogP contribution in [-0.4, -0.2) is 19.6 Å². The highest BCUT2D eigenvalue weighted by molar-refractivity contribution is 5.68. The standard InChI is InChI=1S/C17H33NO2/c1-20-17(19)15-13-11-9-7-5-3-2-4-6-8-10-12-14-16-18/h6,8H,2-5,7,9-16,18H2,1H3/b8-6-. The van der Waals surface area contributed by atoms with Gasteiger partial charge in [0.2, 0.25) is 0 Å². The van der Waals surface area contributed by atoms with E-state index in [1.165, 1.54) is 58.5 Å². The van der Waals surface area contributed by atoms with Crippen molar-refractivity contribution in [1.29, 1.82) is 0 Å². The molecule has 0 aromatic rings. The molecule has 3 heteroatoms. The first-order valence-corrected chi connectivity index (χ1v) is 8.23. The molecule has 0 fully saturated rings. The van der Waals surface area contributed by atoms with Crippen LogP contribution in [0.1, 0.15) is 77.0 Å². The Balaban J connectivity index is 3.07. The molecule has 3 nitrogen and oxygen atoms in total. The lowest BCUT2D eigenvalue weighted by Gasteiger charge is -2.01. The minimum atomic E-state index is -0.0803. The Morgan fingerprint density at radius 2 is 1.35 bits per heavy atom. The van der Waals surface area contributed by atoms with Crippen LogP contribution in [0.2, 0.25) is 0 Å².